The van der Waals surface area contributed by atoms with Crippen LogP contribution in [0.1, 0.15) is 6.92 Å². The molecule has 0 atom stereocenters. The van der Waals surface area contributed by atoms with Gasteiger partial charge in [0.1, 0.15) is 17.3 Å². The summed E-state index contributed by atoms with van der Waals surface area (Å²) in [6, 6.07) is 2.47. The van der Waals surface area contributed by atoms with Gasteiger partial charge in [-0.3, -0.25) is 0 Å². The Bertz CT molecular complexity index is 555. The number of nitrogens with two attached hydrogens (primary N) is 1. The van der Waals surface area contributed by atoms with Gasteiger partial charge in [0.05, 0.1) is 10.0 Å². The lowest BCUT2D eigenvalue weighted by molar-refractivity contribution is 0.352. The number of sulfonamides is 1. The summed E-state index contributed by atoms with van der Waals surface area (Å²) in [5, 5.41) is 5.06. The molecule has 4 nitrogen and oxygen atoms in total. The first-order valence-corrected chi connectivity index (χ1v) is 6.81. The van der Waals surface area contributed by atoms with Gasteiger partial charge < -0.3 is 4.74 Å². The molecule has 0 aromatic heterocycles. The molecule has 0 fully saturated rings. The summed E-state index contributed by atoms with van der Waals surface area (Å²) in [6.45, 7) is 5.72. The van der Waals surface area contributed by atoms with E-state index in [1.807, 2.05) is 0 Å². The molecule has 2 N–H and O–H groups in total. The van der Waals surface area contributed by atoms with Gasteiger partial charge in [-0.2, -0.15) is 0 Å². The maximum Gasteiger partial charge on any atom is 0.239 e. The van der Waals surface area contributed by atoms with Crippen LogP contribution in [0, 0.1) is 0 Å². The average Bonchev–Trinajstić information content (AvgIpc) is 2.17. The van der Waals surface area contributed by atoms with Crippen molar-refractivity contribution in [1.29, 1.82) is 0 Å². The largest absolute Gasteiger partial charge is 0.488 e. The minimum absolute atomic E-state index is 0.0337. The van der Waals surface area contributed by atoms with Crippen LogP contribution in [0.15, 0.2) is 29.2 Å². The van der Waals surface area contributed by atoms with E-state index < -0.39 is 10.0 Å². The number of halogens is 2. The second kappa shape index (κ2) is 5.27. The molecular formula is C10H11Cl2NO3S. The van der Waals surface area contributed by atoms with Crippen LogP contribution in [0.2, 0.25) is 10.0 Å². The van der Waals surface area contributed by atoms with Gasteiger partial charge in [-0.1, -0.05) is 29.8 Å². The fourth-order valence-corrected chi connectivity index (χ4v) is 2.41. The molecule has 7 heteroatoms. The normalized spacial score (nSPS) is 11.3. The molecule has 0 unspecified atom stereocenters. The second-order valence-electron chi connectivity index (χ2n) is 3.50. The van der Waals surface area contributed by atoms with Gasteiger partial charge in [0.2, 0.25) is 10.0 Å². The molecule has 0 amide bonds. The molecule has 0 saturated carbocycles. The van der Waals surface area contributed by atoms with Crippen molar-refractivity contribution in [1.82, 2.24) is 0 Å². The molecule has 0 bridgehead atoms. The van der Waals surface area contributed by atoms with E-state index in [1.165, 1.54) is 6.07 Å². The lowest BCUT2D eigenvalue weighted by Gasteiger charge is -2.10. The summed E-state index contributed by atoms with van der Waals surface area (Å²) in [7, 11) is -3.89. The molecule has 0 aliphatic heterocycles. The maximum absolute atomic E-state index is 11.2. The molecule has 1 aromatic rings. The van der Waals surface area contributed by atoms with Crippen LogP contribution in [0.5, 0.6) is 5.75 Å². The summed E-state index contributed by atoms with van der Waals surface area (Å²) >= 11 is 11.6. The number of rotatable bonds is 4. The number of hydrogen-bond donors (Lipinski definition) is 1. The Balaban J connectivity index is 3.14. The van der Waals surface area contributed by atoms with Crippen LogP contribution < -0.4 is 9.88 Å². The van der Waals surface area contributed by atoms with Crippen molar-refractivity contribution in [2.45, 2.75) is 11.8 Å². The van der Waals surface area contributed by atoms with E-state index in [4.69, 9.17) is 33.1 Å². The first kappa shape index (κ1) is 14.3. The van der Waals surface area contributed by atoms with Gasteiger partial charge in [0.25, 0.3) is 0 Å². The third-order valence-corrected chi connectivity index (χ3v) is 3.44. The first-order chi connectivity index (χ1) is 7.71. The van der Waals surface area contributed by atoms with Crippen LogP contribution in [0.25, 0.3) is 0 Å². The zero-order valence-electron chi connectivity index (χ0n) is 9.04. The van der Waals surface area contributed by atoms with Crippen molar-refractivity contribution < 1.29 is 13.2 Å². The predicted octanol–water partition coefficient (Wildman–Crippen LogP) is 2.60. The summed E-state index contributed by atoms with van der Waals surface area (Å²) < 4.78 is 27.6. The standard InChI is InChI=1S/C10H11Cl2NO3S/c1-6(2)5-16-9-3-8(12)10(4-7(9)11)17(13,14)15/h3-4H,1,5H2,2H3,(H2,13,14,15). The molecule has 94 valence electrons. The summed E-state index contributed by atoms with van der Waals surface area (Å²) in [5.74, 6) is 0.284. The molecular weight excluding hydrogens is 285 g/mol. The molecule has 0 heterocycles. The minimum atomic E-state index is -3.89. The highest BCUT2D eigenvalue weighted by Gasteiger charge is 2.16. The molecule has 0 spiro atoms. The zero-order chi connectivity index (χ0) is 13.2. The lowest BCUT2D eigenvalue weighted by atomic mass is 10.3. The van der Waals surface area contributed by atoms with Gasteiger partial charge >= 0.3 is 0 Å². The van der Waals surface area contributed by atoms with Crippen LogP contribution in [0.3, 0.4) is 0 Å². The minimum Gasteiger partial charge on any atom is -0.488 e. The smallest absolute Gasteiger partial charge is 0.239 e. The molecule has 1 aromatic carbocycles. The van der Waals surface area contributed by atoms with E-state index in [-0.39, 0.29) is 27.3 Å². The Hall–Kier alpha value is -0.750. The van der Waals surface area contributed by atoms with Gasteiger partial charge in [0.15, 0.2) is 0 Å². The van der Waals surface area contributed by atoms with E-state index in [1.54, 1.807) is 6.92 Å². The van der Waals surface area contributed by atoms with E-state index in [9.17, 15) is 8.42 Å². The monoisotopic (exact) mass is 295 g/mol. The molecule has 1 rings (SSSR count). The maximum atomic E-state index is 11.2. The number of benzene rings is 1. The Morgan fingerprint density at radius 1 is 1.41 bits per heavy atom. The summed E-state index contributed by atoms with van der Waals surface area (Å²) in [6.07, 6.45) is 0. The van der Waals surface area contributed by atoms with Crippen LogP contribution >= 0.6 is 23.2 Å². The van der Waals surface area contributed by atoms with Crippen molar-refractivity contribution in [3.63, 3.8) is 0 Å². The van der Waals surface area contributed by atoms with Crippen LogP contribution in [-0.2, 0) is 10.0 Å². The van der Waals surface area contributed by atoms with Gasteiger partial charge in [-0.25, -0.2) is 13.6 Å². The van der Waals surface area contributed by atoms with E-state index >= 15 is 0 Å². The van der Waals surface area contributed by atoms with Crippen LogP contribution in [-0.4, -0.2) is 15.0 Å². The third-order valence-electron chi connectivity index (χ3n) is 1.77. The van der Waals surface area contributed by atoms with Gasteiger partial charge in [0, 0.05) is 6.07 Å². The molecule has 17 heavy (non-hydrogen) atoms. The van der Waals surface area contributed by atoms with Crippen molar-refractivity contribution in [3.05, 3.63) is 34.3 Å². The van der Waals surface area contributed by atoms with Crippen molar-refractivity contribution in [2.24, 2.45) is 5.14 Å². The van der Waals surface area contributed by atoms with E-state index in [0.29, 0.717) is 0 Å². The van der Waals surface area contributed by atoms with Crippen molar-refractivity contribution in [3.8, 4) is 5.75 Å². The van der Waals surface area contributed by atoms with Gasteiger partial charge in [-0.05, 0) is 18.6 Å². The molecule has 0 aliphatic carbocycles. The van der Waals surface area contributed by atoms with E-state index in [0.717, 1.165) is 11.6 Å². The highest BCUT2D eigenvalue weighted by Crippen LogP contribution is 2.33. The predicted molar refractivity (Wildman–Crippen MR) is 68.1 cm³/mol. The second-order valence-corrected chi connectivity index (χ2v) is 5.85. The number of hydrogen-bond acceptors (Lipinski definition) is 3. The summed E-state index contributed by atoms with van der Waals surface area (Å²) in [4.78, 5) is -0.230. The SMILES string of the molecule is C=C(C)COc1cc(Cl)c(S(N)(=O)=O)cc1Cl. The highest BCUT2D eigenvalue weighted by atomic mass is 35.5. The summed E-state index contributed by atoms with van der Waals surface area (Å²) in [5.41, 5.74) is 0.799. The zero-order valence-corrected chi connectivity index (χ0v) is 11.4. The topological polar surface area (TPSA) is 69.4 Å². The average molecular weight is 296 g/mol. The Labute approximate surface area is 110 Å². The molecule has 0 saturated heterocycles. The fourth-order valence-electron chi connectivity index (χ4n) is 1.04. The lowest BCUT2D eigenvalue weighted by Crippen LogP contribution is -2.13. The molecule has 0 radical (unpaired) electrons. The fraction of sp³-hybridized carbons (Fsp3) is 0.200. The Morgan fingerprint density at radius 3 is 2.47 bits per heavy atom. The third kappa shape index (κ3) is 3.89. The first-order valence-electron chi connectivity index (χ1n) is 4.51. The van der Waals surface area contributed by atoms with Crippen molar-refractivity contribution in [2.75, 3.05) is 6.61 Å². The van der Waals surface area contributed by atoms with Crippen molar-refractivity contribution >= 4 is 33.2 Å². The van der Waals surface area contributed by atoms with Crippen LogP contribution in [0.4, 0.5) is 0 Å². The number of primary sulfonamides is 1. The Morgan fingerprint density at radius 2 is 2.00 bits per heavy atom. The quantitative estimate of drug-likeness (QED) is 0.868. The number of ether oxygens (including phenoxy) is 1. The Kier molecular flexibility index (Phi) is 4.43. The van der Waals surface area contributed by atoms with E-state index in [2.05, 4.69) is 6.58 Å². The highest BCUT2D eigenvalue weighted by molar-refractivity contribution is 7.89. The van der Waals surface area contributed by atoms with Gasteiger partial charge in [-0.15, -0.1) is 0 Å². The molecule has 0 aliphatic rings.